The molecule has 110 valence electrons. The summed E-state index contributed by atoms with van der Waals surface area (Å²) >= 11 is 12.4. The lowest BCUT2D eigenvalue weighted by Gasteiger charge is -2.31. The monoisotopic (exact) mass is 316 g/mol. The quantitative estimate of drug-likeness (QED) is 0.765. The number of benzene rings is 1. The summed E-state index contributed by atoms with van der Waals surface area (Å²) in [5.74, 6) is 2.28. The molecule has 3 rings (SSSR count). The van der Waals surface area contributed by atoms with Crippen LogP contribution >= 0.6 is 23.2 Å². The summed E-state index contributed by atoms with van der Waals surface area (Å²) in [6, 6.07) is 3.91. The van der Waals surface area contributed by atoms with E-state index in [-0.39, 0.29) is 6.10 Å². The molecule has 20 heavy (non-hydrogen) atoms. The van der Waals surface area contributed by atoms with Crippen molar-refractivity contribution in [2.24, 2.45) is 5.92 Å². The molecule has 2 aliphatic rings. The molecule has 1 aromatic rings. The molecule has 2 aliphatic heterocycles. The Morgan fingerprint density at radius 1 is 1.10 bits per heavy atom. The van der Waals surface area contributed by atoms with Crippen molar-refractivity contribution in [3.8, 4) is 11.5 Å². The van der Waals surface area contributed by atoms with Crippen LogP contribution < -0.4 is 9.47 Å². The van der Waals surface area contributed by atoms with Gasteiger partial charge in [0.25, 0.3) is 0 Å². The zero-order chi connectivity index (χ0) is 13.9. The van der Waals surface area contributed by atoms with Gasteiger partial charge in [-0.15, -0.1) is 11.6 Å². The van der Waals surface area contributed by atoms with Gasteiger partial charge in [0.1, 0.15) is 0 Å². The first-order valence-electron chi connectivity index (χ1n) is 7.06. The summed E-state index contributed by atoms with van der Waals surface area (Å²) in [5.41, 5.74) is 1.03. The van der Waals surface area contributed by atoms with Crippen molar-refractivity contribution in [1.82, 2.24) is 0 Å². The lowest BCUT2D eigenvalue weighted by atomic mass is 9.91. The van der Waals surface area contributed by atoms with Crippen LogP contribution in [-0.4, -0.2) is 25.7 Å². The molecule has 0 amide bonds. The number of halogens is 2. The Kier molecular flexibility index (Phi) is 4.59. The minimum atomic E-state index is -0.00379. The SMILES string of the molecule is ClCC1CCCOC1c1cc(Cl)c2c(c1)OCCCO2. The van der Waals surface area contributed by atoms with Crippen molar-refractivity contribution >= 4 is 23.2 Å². The summed E-state index contributed by atoms with van der Waals surface area (Å²) in [4.78, 5) is 0. The van der Waals surface area contributed by atoms with E-state index in [1.807, 2.05) is 12.1 Å². The molecule has 0 bridgehead atoms. The van der Waals surface area contributed by atoms with Gasteiger partial charge in [0.2, 0.25) is 0 Å². The van der Waals surface area contributed by atoms with Gasteiger partial charge < -0.3 is 14.2 Å². The molecule has 0 spiro atoms. The lowest BCUT2D eigenvalue weighted by molar-refractivity contribution is -0.0209. The second-order valence-electron chi connectivity index (χ2n) is 5.23. The van der Waals surface area contributed by atoms with E-state index < -0.39 is 0 Å². The molecule has 0 radical (unpaired) electrons. The number of hydrogen-bond donors (Lipinski definition) is 0. The Morgan fingerprint density at radius 2 is 1.95 bits per heavy atom. The molecule has 3 nitrogen and oxygen atoms in total. The fourth-order valence-electron chi connectivity index (χ4n) is 2.78. The maximum atomic E-state index is 6.34. The molecule has 0 N–H and O–H groups in total. The smallest absolute Gasteiger partial charge is 0.179 e. The molecule has 1 fully saturated rings. The van der Waals surface area contributed by atoms with Crippen LogP contribution in [0.1, 0.15) is 30.9 Å². The topological polar surface area (TPSA) is 27.7 Å². The van der Waals surface area contributed by atoms with E-state index in [1.165, 1.54) is 0 Å². The summed E-state index contributed by atoms with van der Waals surface area (Å²) < 4.78 is 17.3. The fraction of sp³-hybridized carbons (Fsp3) is 0.600. The van der Waals surface area contributed by atoms with Gasteiger partial charge in [-0.1, -0.05) is 11.6 Å². The molecule has 2 unspecified atom stereocenters. The van der Waals surface area contributed by atoms with Crippen LogP contribution in [0, 0.1) is 5.92 Å². The summed E-state index contributed by atoms with van der Waals surface area (Å²) in [7, 11) is 0. The van der Waals surface area contributed by atoms with Crippen LogP contribution in [0.2, 0.25) is 5.02 Å². The van der Waals surface area contributed by atoms with Crippen LogP contribution in [0.4, 0.5) is 0 Å². The highest BCUT2D eigenvalue weighted by molar-refractivity contribution is 6.32. The maximum absolute atomic E-state index is 6.34. The molecule has 5 heteroatoms. The van der Waals surface area contributed by atoms with Gasteiger partial charge in [0, 0.05) is 24.8 Å². The number of fused-ring (bicyclic) bond motifs is 1. The highest BCUT2D eigenvalue weighted by Crippen LogP contribution is 2.43. The average molecular weight is 317 g/mol. The Balaban J connectivity index is 1.93. The summed E-state index contributed by atoms with van der Waals surface area (Å²) in [6.07, 6.45) is 3.01. The number of hydrogen-bond acceptors (Lipinski definition) is 3. The van der Waals surface area contributed by atoms with Crippen LogP contribution in [0.15, 0.2) is 12.1 Å². The largest absolute Gasteiger partial charge is 0.489 e. The Morgan fingerprint density at radius 3 is 2.80 bits per heavy atom. The van der Waals surface area contributed by atoms with Crippen molar-refractivity contribution in [3.63, 3.8) is 0 Å². The first kappa shape index (κ1) is 14.3. The maximum Gasteiger partial charge on any atom is 0.179 e. The number of rotatable bonds is 2. The molecule has 1 saturated heterocycles. The standard InChI is InChI=1S/C15H18Cl2O3/c16-9-10-3-1-4-19-14(10)11-7-12(17)15-13(8-11)18-5-2-6-20-15/h7-8,10,14H,1-6,9H2. The first-order valence-corrected chi connectivity index (χ1v) is 7.97. The van der Waals surface area contributed by atoms with Gasteiger partial charge in [-0.3, -0.25) is 0 Å². The van der Waals surface area contributed by atoms with E-state index >= 15 is 0 Å². The third-order valence-electron chi connectivity index (χ3n) is 3.80. The average Bonchev–Trinajstić information content (AvgIpc) is 2.73. The van der Waals surface area contributed by atoms with E-state index in [0.717, 1.165) is 31.4 Å². The highest BCUT2D eigenvalue weighted by atomic mass is 35.5. The highest BCUT2D eigenvalue weighted by Gasteiger charge is 2.29. The van der Waals surface area contributed by atoms with Gasteiger partial charge in [-0.25, -0.2) is 0 Å². The van der Waals surface area contributed by atoms with Gasteiger partial charge >= 0.3 is 0 Å². The van der Waals surface area contributed by atoms with Crippen molar-refractivity contribution in [3.05, 3.63) is 22.7 Å². The zero-order valence-electron chi connectivity index (χ0n) is 11.2. The van der Waals surface area contributed by atoms with Crippen LogP contribution in [0.25, 0.3) is 0 Å². The molecule has 0 aliphatic carbocycles. The first-order chi connectivity index (χ1) is 9.79. The number of ether oxygens (including phenoxy) is 3. The minimum absolute atomic E-state index is 0.00379. The Hall–Kier alpha value is -0.640. The Labute approximate surface area is 129 Å². The van der Waals surface area contributed by atoms with Crippen molar-refractivity contribution in [2.45, 2.75) is 25.4 Å². The molecule has 0 saturated carbocycles. The van der Waals surface area contributed by atoms with Gasteiger partial charge in [-0.2, -0.15) is 0 Å². The molecular formula is C15H18Cl2O3. The van der Waals surface area contributed by atoms with Gasteiger partial charge in [-0.05, 0) is 30.5 Å². The normalized spacial score (nSPS) is 26.1. The second-order valence-corrected chi connectivity index (χ2v) is 5.94. The summed E-state index contributed by atoms with van der Waals surface area (Å²) in [5, 5.41) is 0.585. The fourth-order valence-corrected chi connectivity index (χ4v) is 3.37. The minimum Gasteiger partial charge on any atom is -0.489 e. The predicted molar refractivity (Wildman–Crippen MR) is 79.2 cm³/mol. The van der Waals surface area contributed by atoms with Crippen molar-refractivity contribution in [1.29, 1.82) is 0 Å². The van der Waals surface area contributed by atoms with Gasteiger partial charge in [0.05, 0.1) is 24.3 Å². The molecule has 0 aromatic heterocycles. The van der Waals surface area contributed by atoms with Gasteiger partial charge in [0.15, 0.2) is 11.5 Å². The van der Waals surface area contributed by atoms with E-state index in [1.54, 1.807) is 0 Å². The van der Waals surface area contributed by atoms with E-state index in [0.29, 0.717) is 41.5 Å². The van der Waals surface area contributed by atoms with Crippen LogP contribution in [-0.2, 0) is 4.74 Å². The van der Waals surface area contributed by atoms with E-state index in [2.05, 4.69) is 0 Å². The molecule has 2 heterocycles. The van der Waals surface area contributed by atoms with Crippen molar-refractivity contribution in [2.75, 3.05) is 25.7 Å². The third-order valence-corrected chi connectivity index (χ3v) is 4.47. The zero-order valence-corrected chi connectivity index (χ0v) is 12.8. The molecular weight excluding hydrogens is 299 g/mol. The van der Waals surface area contributed by atoms with Crippen LogP contribution in [0.5, 0.6) is 11.5 Å². The third kappa shape index (κ3) is 2.85. The molecule has 2 atom stereocenters. The Bertz CT molecular complexity index is 478. The van der Waals surface area contributed by atoms with Crippen molar-refractivity contribution < 1.29 is 14.2 Å². The van der Waals surface area contributed by atoms with E-state index in [9.17, 15) is 0 Å². The lowest BCUT2D eigenvalue weighted by Crippen LogP contribution is -2.23. The summed E-state index contributed by atoms with van der Waals surface area (Å²) in [6.45, 7) is 2.05. The van der Waals surface area contributed by atoms with Crippen LogP contribution in [0.3, 0.4) is 0 Å². The molecule has 1 aromatic carbocycles. The second kappa shape index (κ2) is 6.42. The van der Waals surface area contributed by atoms with E-state index in [4.69, 9.17) is 37.4 Å². The predicted octanol–water partition coefficient (Wildman–Crippen LogP) is 4.21. The number of alkyl halides is 1.